The van der Waals surface area contributed by atoms with Crippen LogP contribution in [-0.2, 0) is 4.79 Å². The number of hydrogen-bond donors (Lipinski definition) is 2. The van der Waals surface area contributed by atoms with Crippen molar-refractivity contribution < 1.29 is 14.8 Å². The highest BCUT2D eigenvalue weighted by Crippen LogP contribution is 1.89. The van der Waals surface area contributed by atoms with Crippen molar-refractivity contribution in [2.24, 2.45) is 0 Å². The standard InChI is InChI=1S/C6H8O.C2H5BO2.C2H6/c1-4-5(2)6(3)7;1-2-3(4)5;1-2/h4H,1-2H2,3H3;2,4-5H,1H2;1-2H3. The van der Waals surface area contributed by atoms with E-state index >= 15 is 0 Å². The zero-order valence-corrected chi connectivity index (χ0v) is 9.16. The highest BCUT2D eigenvalue weighted by Gasteiger charge is 1.92. The fourth-order valence-electron chi connectivity index (χ4n) is 0.144. The van der Waals surface area contributed by atoms with Gasteiger partial charge < -0.3 is 10.0 Å². The average molecular weight is 198 g/mol. The van der Waals surface area contributed by atoms with Gasteiger partial charge in [-0.15, -0.1) is 6.58 Å². The molecule has 0 atom stereocenters. The molecule has 0 aromatic carbocycles. The minimum absolute atomic E-state index is 0.0185. The van der Waals surface area contributed by atoms with Gasteiger partial charge in [0.15, 0.2) is 5.78 Å². The maximum Gasteiger partial charge on any atom is 0.480 e. The molecule has 0 saturated carbocycles. The third-order valence-electron chi connectivity index (χ3n) is 0.909. The van der Waals surface area contributed by atoms with Crippen LogP contribution in [0.2, 0.25) is 0 Å². The van der Waals surface area contributed by atoms with Crippen molar-refractivity contribution in [2.75, 3.05) is 0 Å². The van der Waals surface area contributed by atoms with Crippen LogP contribution in [0.25, 0.3) is 0 Å². The van der Waals surface area contributed by atoms with Crippen molar-refractivity contribution in [3.63, 3.8) is 0 Å². The van der Waals surface area contributed by atoms with E-state index in [0.29, 0.717) is 5.57 Å². The third kappa shape index (κ3) is 22.4. The Bertz CT molecular complexity index is 186. The molecule has 14 heavy (non-hydrogen) atoms. The van der Waals surface area contributed by atoms with Crippen LogP contribution in [0.4, 0.5) is 0 Å². The molecule has 0 aliphatic heterocycles. The van der Waals surface area contributed by atoms with E-state index in [1.807, 2.05) is 13.8 Å². The zero-order valence-electron chi connectivity index (χ0n) is 9.16. The van der Waals surface area contributed by atoms with Gasteiger partial charge in [-0.1, -0.05) is 39.1 Å². The molecule has 0 bridgehead atoms. The van der Waals surface area contributed by atoms with Gasteiger partial charge in [0, 0.05) is 5.57 Å². The van der Waals surface area contributed by atoms with E-state index in [9.17, 15) is 4.79 Å². The number of hydrogen-bond acceptors (Lipinski definition) is 3. The SMILES string of the molecule is C=CB(O)O.C=CC(=C)C(C)=O.CC. The maximum absolute atomic E-state index is 10.2. The van der Waals surface area contributed by atoms with Crippen molar-refractivity contribution in [3.05, 3.63) is 37.4 Å². The summed E-state index contributed by atoms with van der Waals surface area (Å²) in [6, 6.07) is 0. The third-order valence-corrected chi connectivity index (χ3v) is 0.909. The topological polar surface area (TPSA) is 57.5 Å². The first kappa shape index (κ1) is 18.6. The average Bonchev–Trinajstić information content (AvgIpc) is 2.20. The first-order chi connectivity index (χ1) is 6.45. The summed E-state index contributed by atoms with van der Waals surface area (Å²) in [7, 11) is -1.35. The summed E-state index contributed by atoms with van der Waals surface area (Å²) >= 11 is 0. The lowest BCUT2D eigenvalue weighted by atomic mass is 9.94. The van der Waals surface area contributed by atoms with Crippen LogP contribution < -0.4 is 0 Å². The van der Waals surface area contributed by atoms with Gasteiger partial charge in [0.1, 0.15) is 0 Å². The van der Waals surface area contributed by atoms with Gasteiger partial charge in [0.2, 0.25) is 0 Å². The minimum Gasteiger partial charge on any atom is -0.424 e. The molecular formula is C10H19BO3. The lowest BCUT2D eigenvalue weighted by Crippen LogP contribution is -2.03. The molecule has 0 amide bonds. The predicted octanol–water partition coefficient (Wildman–Crippen LogP) is 1.53. The van der Waals surface area contributed by atoms with Crippen molar-refractivity contribution >= 4 is 12.9 Å². The summed E-state index contributed by atoms with van der Waals surface area (Å²) < 4.78 is 0. The van der Waals surface area contributed by atoms with Crippen LogP contribution in [-0.4, -0.2) is 22.9 Å². The Morgan fingerprint density at radius 3 is 1.57 bits per heavy atom. The molecule has 0 aromatic rings. The molecule has 2 N–H and O–H groups in total. The molecule has 80 valence electrons. The molecule has 0 saturated heterocycles. The smallest absolute Gasteiger partial charge is 0.424 e. The second kappa shape index (κ2) is 14.4. The number of carbonyl (C=O) groups excluding carboxylic acids is 1. The van der Waals surface area contributed by atoms with Crippen LogP contribution in [0, 0.1) is 0 Å². The number of ketones is 1. The van der Waals surface area contributed by atoms with E-state index in [-0.39, 0.29) is 5.78 Å². The quantitative estimate of drug-likeness (QED) is 0.410. The zero-order chi connectivity index (χ0) is 12.1. The molecule has 0 radical (unpaired) electrons. The Balaban J connectivity index is -0.000000152. The van der Waals surface area contributed by atoms with Gasteiger partial charge in [-0.2, -0.15) is 0 Å². The largest absolute Gasteiger partial charge is 0.480 e. The summed E-state index contributed by atoms with van der Waals surface area (Å²) in [6.45, 7) is 15.3. The summed E-state index contributed by atoms with van der Waals surface area (Å²) in [4.78, 5) is 10.2. The second-order valence-corrected chi connectivity index (χ2v) is 1.93. The number of rotatable bonds is 3. The summed E-state index contributed by atoms with van der Waals surface area (Å²) in [5.74, 6) is 1.01. The van der Waals surface area contributed by atoms with E-state index in [0.717, 1.165) is 5.98 Å². The number of carbonyl (C=O) groups is 1. The van der Waals surface area contributed by atoms with Crippen LogP contribution >= 0.6 is 0 Å². The van der Waals surface area contributed by atoms with Gasteiger partial charge in [-0.3, -0.25) is 4.79 Å². The molecule has 0 heterocycles. The Hall–Kier alpha value is -1.13. The molecule has 3 nitrogen and oxygen atoms in total. The Morgan fingerprint density at radius 2 is 1.57 bits per heavy atom. The fraction of sp³-hybridized carbons (Fsp3) is 0.300. The van der Waals surface area contributed by atoms with E-state index in [2.05, 4.69) is 19.7 Å². The first-order valence-corrected chi connectivity index (χ1v) is 4.26. The van der Waals surface area contributed by atoms with Crippen LogP contribution in [0.3, 0.4) is 0 Å². The monoisotopic (exact) mass is 198 g/mol. The lowest BCUT2D eigenvalue weighted by molar-refractivity contribution is -0.113. The minimum atomic E-state index is -1.35. The van der Waals surface area contributed by atoms with E-state index in [1.165, 1.54) is 13.0 Å². The van der Waals surface area contributed by atoms with E-state index < -0.39 is 7.12 Å². The number of Topliss-reactive ketones (excluding diaryl/α,β-unsaturated/α-hetero) is 1. The Kier molecular flexibility index (Phi) is 19.2. The molecular weight excluding hydrogens is 179 g/mol. The second-order valence-electron chi connectivity index (χ2n) is 1.93. The van der Waals surface area contributed by atoms with E-state index in [1.54, 1.807) is 0 Å². The van der Waals surface area contributed by atoms with Crippen molar-refractivity contribution in [1.29, 1.82) is 0 Å². The van der Waals surface area contributed by atoms with Gasteiger partial charge in [0.25, 0.3) is 0 Å². The fourth-order valence-corrected chi connectivity index (χ4v) is 0.144. The Morgan fingerprint density at radius 1 is 1.29 bits per heavy atom. The maximum atomic E-state index is 10.2. The molecule has 0 rings (SSSR count). The van der Waals surface area contributed by atoms with Crippen LogP contribution in [0.15, 0.2) is 37.4 Å². The van der Waals surface area contributed by atoms with Crippen LogP contribution in [0.5, 0.6) is 0 Å². The highest BCUT2D eigenvalue weighted by molar-refractivity contribution is 6.47. The molecule has 0 aliphatic rings. The molecule has 4 heteroatoms. The van der Waals surface area contributed by atoms with Crippen molar-refractivity contribution in [1.82, 2.24) is 0 Å². The Labute approximate surface area is 86.6 Å². The summed E-state index contributed by atoms with van der Waals surface area (Å²) in [5, 5.41) is 15.6. The first-order valence-electron chi connectivity index (χ1n) is 4.26. The summed E-state index contributed by atoms with van der Waals surface area (Å²) in [6.07, 6.45) is 1.45. The van der Waals surface area contributed by atoms with Crippen molar-refractivity contribution in [2.45, 2.75) is 20.8 Å². The lowest BCUT2D eigenvalue weighted by Gasteiger charge is -1.84. The molecule has 0 fully saturated rings. The summed E-state index contributed by atoms with van der Waals surface area (Å²) in [5.41, 5.74) is 0.472. The molecule has 0 aromatic heterocycles. The molecule has 0 unspecified atom stereocenters. The van der Waals surface area contributed by atoms with Gasteiger partial charge >= 0.3 is 7.12 Å². The molecule has 0 spiro atoms. The van der Waals surface area contributed by atoms with Crippen LogP contribution in [0.1, 0.15) is 20.8 Å². The number of allylic oxidation sites excluding steroid dienone is 2. The predicted molar refractivity (Wildman–Crippen MR) is 61.8 cm³/mol. The highest BCUT2D eigenvalue weighted by atomic mass is 16.4. The van der Waals surface area contributed by atoms with E-state index in [4.69, 9.17) is 10.0 Å². The van der Waals surface area contributed by atoms with Gasteiger partial charge in [0.05, 0.1) is 0 Å². The molecule has 0 aliphatic carbocycles. The van der Waals surface area contributed by atoms with Crippen molar-refractivity contribution in [3.8, 4) is 0 Å². The van der Waals surface area contributed by atoms with Gasteiger partial charge in [-0.05, 0) is 6.92 Å². The van der Waals surface area contributed by atoms with Gasteiger partial charge in [-0.25, -0.2) is 0 Å². The normalized spacial score (nSPS) is 6.64.